The highest BCUT2D eigenvalue weighted by molar-refractivity contribution is 7.16. The SMILES string of the molecule is N#Cc1c(NC(=O)C2CCCN2C(=O)c2cccs2)sc2c1CCCC2. The van der Waals surface area contributed by atoms with Gasteiger partial charge in [0.15, 0.2) is 0 Å². The smallest absolute Gasteiger partial charge is 0.264 e. The maximum Gasteiger partial charge on any atom is 0.264 e. The molecule has 3 heterocycles. The Morgan fingerprint density at radius 2 is 2.12 bits per heavy atom. The number of carbonyl (C=O) groups excluding carboxylic acids is 2. The first-order valence-corrected chi connectivity index (χ1v) is 10.6. The average Bonchev–Trinajstić information content (AvgIpc) is 3.39. The number of amides is 2. The van der Waals surface area contributed by atoms with E-state index in [4.69, 9.17) is 0 Å². The van der Waals surface area contributed by atoms with Crippen LogP contribution in [0, 0.1) is 11.3 Å². The van der Waals surface area contributed by atoms with Gasteiger partial charge < -0.3 is 10.2 Å². The number of likely N-dealkylation sites (tertiary alicyclic amines) is 1. The normalized spacial score (nSPS) is 19.0. The van der Waals surface area contributed by atoms with Crippen LogP contribution in [0.4, 0.5) is 5.00 Å². The highest BCUT2D eigenvalue weighted by Gasteiger charge is 2.35. The number of nitriles is 1. The second kappa shape index (κ2) is 7.22. The summed E-state index contributed by atoms with van der Waals surface area (Å²) in [4.78, 5) is 29.1. The average molecular weight is 386 g/mol. The van der Waals surface area contributed by atoms with E-state index in [1.807, 2.05) is 11.4 Å². The molecule has 1 N–H and O–H groups in total. The van der Waals surface area contributed by atoms with Gasteiger partial charge in [0, 0.05) is 11.4 Å². The molecule has 2 aromatic rings. The molecule has 0 aromatic carbocycles. The van der Waals surface area contributed by atoms with Gasteiger partial charge in [-0.15, -0.1) is 22.7 Å². The molecule has 1 unspecified atom stereocenters. The van der Waals surface area contributed by atoms with Crippen molar-refractivity contribution in [3.05, 3.63) is 38.4 Å². The van der Waals surface area contributed by atoms with Crippen LogP contribution in [0.2, 0.25) is 0 Å². The number of hydrogen-bond donors (Lipinski definition) is 1. The first kappa shape index (κ1) is 17.3. The molecule has 2 aliphatic rings. The van der Waals surface area contributed by atoms with E-state index in [-0.39, 0.29) is 11.8 Å². The predicted molar refractivity (Wildman–Crippen MR) is 103 cm³/mol. The third-order valence-corrected chi connectivity index (χ3v) is 7.13. The lowest BCUT2D eigenvalue weighted by atomic mass is 9.96. The zero-order chi connectivity index (χ0) is 18.1. The number of aryl methyl sites for hydroxylation is 1. The summed E-state index contributed by atoms with van der Waals surface area (Å²) in [5.74, 6) is -0.258. The van der Waals surface area contributed by atoms with Crippen molar-refractivity contribution in [1.29, 1.82) is 5.26 Å². The Labute approximate surface area is 160 Å². The fourth-order valence-electron chi connectivity index (χ4n) is 3.79. The van der Waals surface area contributed by atoms with Crippen LogP contribution in [-0.2, 0) is 17.6 Å². The maximum absolute atomic E-state index is 12.9. The fourth-order valence-corrected chi connectivity index (χ4v) is 5.71. The van der Waals surface area contributed by atoms with Crippen molar-refractivity contribution in [3.8, 4) is 6.07 Å². The number of fused-ring (bicyclic) bond motifs is 1. The molecule has 1 aliphatic heterocycles. The zero-order valence-electron chi connectivity index (χ0n) is 14.3. The minimum absolute atomic E-state index is 0.0800. The summed E-state index contributed by atoms with van der Waals surface area (Å²) >= 11 is 2.92. The van der Waals surface area contributed by atoms with Gasteiger partial charge in [-0.3, -0.25) is 9.59 Å². The molecule has 0 radical (unpaired) electrons. The number of hydrogen-bond acceptors (Lipinski definition) is 5. The molecule has 1 atom stereocenters. The lowest BCUT2D eigenvalue weighted by Crippen LogP contribution is -2.42. The molecular formula is C19H19N3O2S2. The quantitative estimate of drug-likeness (QED) is 0.873. The Hall–Kier alpha value is -2.17. The first-order valence-electron chi connectivity index (χ1n) is 8.89. The van der Waals surface area contributed by atoms with Crippen LogP contribution >= 0.6 is 22.7 Å². The summed E-state index contributed by atoms with van der Waals surface area (Å²) in [5, 5.41) is 15.0. The zero-order valence-corrected chi connectivity index (χ0v) is 15.9. The van der Waals surface area contributed by atoms with Gasteiger partial charge in [0.05, 0.1) is 10.4 Å². The molecule has 0 bridgehead atoms. The number of nitrogens with one attached hydrogen (secondary N) is 1. The molecule has 2 amide bonds. The molecule has 26 heavy (non-hydrogen) atoms. The van der Waals surface area contributed by atoms with E-state index in [0.717, 1.165) is 37.7 Å². The maximum atomic E-state index is 12.9. The third kappa shape index (κ3) is 3.04. The Kier molecular flexibility index (Phi) is 4.79. The number of carbonyl (C=O) groups is 2. The standard InChI is InChI=1S/C19H19N3O2S2/c20-11-13-12-5-1-2-7-15(12)26-18(13)21-17(23)14-6-3-9-22(14)19(24)16-8-4-10-25-16/h4,8,10,14H,1-3,5-7,9H2,(H,21,23). The summed E-state index contributed by atoms with van der Waals surface area (Å²) in [6.45, 7) is 0.598. The Morgan fingerprint density at radius 3 is 2.88 bits per heavy atom. The molecule has 0 saturated carbocycles. The predicted octanol–water partition coefficient (Wildman–Crippen LogP) is 3.80. The molecule has 1 aliphatic carbocycles. The number of nitrogens with zero attached hydrogens (tertiary/aromatic N) is 2. The van der Waals surface area contributed by atoms with Crippen molar-refractivity contribution in [2.45, 2.75) is 44.6 Å². The van der Waals surface area contributed by atoms with Crippen molar-refractivity contribution in [2.24, 2.45) is 0 Å². The molecule has 1 saturated heterocycles. The Balaban J connectivity index is 1.54. The van der Waals surface area contributed by atoms with Crippen LogP contribution in [0.3, 0.4) is 0 Å². The van der Waals surface area contributed by atoms with Gasteiger partial charge in [-0.1, -0.05) is 6.07 Å². The topological polar surface area (TPSA) is 73.2 Å². The van der Waals surface area contributed by atoms with Crippen molar-refractivity contribution < 1.29 is 9.59 Å². The molecule has 4 rings (SSSR count). The van der Waals surface area contributed by atoms with Gasteiger partial charge >= 0.3 is 0 Å². The molecule has 5 nitrogen and oxygen atoms in total. The fraction of sp³-hybridized carbons (Fsp3) is 0.421. The molecule has 0 spiro atoms. The number of thiophene rings is 2. The second-order valence-electron chi connectivity index (χ2n) is 6.65. The highest BCUT2D eigenvalue weighted by atomic mass is 32.1. The van der Waals surface area contributed by atoms with Crippen LogP contribution in [0.25, 0.3) is 0 Å². The minimum atomic E-state index is -0.463. The lowest BCUT2D eigenvalue weighted by molar-refractivity contribution is -0.119. The monoisotopic (exact) mass is 385 g/mol. The van der Waals surface area contributed by atoms with Crippen molar-refractivity contribution >= 4 is 39.5 Å². The van der Waals surface area contributed by atoms with Crippen molar-refractivity contribution in [3.63, 3.8) is 0 Å². The minimum Gasteiger partial charge on any atom is -0.326 e. The van der Waals surface area contributed by atoms with Gasteiger partial charge in [0.25, 0.3) is 5.91 Å². The van der Waals surface area contributed by atoms with E-state index in [1.165, 1.54) is 27.6 Å². The summed E-state index contributed by atoms with van der Waals surface area (Å²) in [6, 6.07) is 5.45. The lowest BCUT2D eigenvalue weighted by Gasteiger charge is -2.23. The van der Waals surface area contributed by atoms with E-state index in [2.05, 4.69) is 11.4 Å². The van der Waals surface area contributed by atoms with Gasteiger partial charge in [-0.05, 0) is 55.5 Å². The van der Waals surface area contributed by atoms with Gasteiger partial charge in [-0.2, -0.15) is 5.26 Å². The van der Waals surface area contributed by atoms with E-state index in [0.29, 0.717) is 28.4 Å². The van der Waals surface area contributed by atoms with Crippen LogP contribution < -0.4 is 5.32 Å². The number of rotatable bonds is 3. The molecule has 7 heteroatoms. The molecule has 134 valence electrons. The van der Waals surface area contributed by atoms with Crippen LogP contribution in [-0.4, -0.2) is 29.3 Å². The summed E-state index contributed by atoms with van der Waals surface area (Å²) in [6.07, 6.45) is 5.61. The largest absolute Gasteiger partial charge is 0.326 e. The van der Waals surface area contributed by atoms with Gasteiger partial charge in [0.2, 0.25) is 5.91 Å². The highest BCUT2D eigenvalue weighted by Crippen LogP contribution is 2.38. The summed E-state index contributed by atoms with van der Waals surface area (Å²) in [5.41, 5.74) is 1.73. The summed E-state index contributed by atoms with van der Waals surface area (Å²) in [7, 11) is 0. The van der Waals surface area contributed by atoms with Crippen LogP contribution in [0.15, 0.2) is 17.5 Å². The molecule has 1 fully saturated rings. The Morgan fingerprint density at radius 1 is 1.27 bits per heavy atom. The van der Waals surface area contributed by atoms with E-state index >= 15 is 0 Å². The summed E-state index contributed by atoms with van der Waals surface area (Å²) < 4.78 is 0. The van der Waals surface area contributed by atoms with Crippen molar-refractivity contribution in [1.82, 2.24) is 4.90 Å². The van der Waals surface area contributed by atoms with E-state index in [9.17, 15) is 14.9 Å². The number of anilines is 1. The molecule has 2 aromatic heterocycles. The van der Waals surface area contributed by atoms with E-state index in [1.54, 1.807) is 11.0 Å². The van der Waals surface area contributed by atoms with Crippen LogP contribution in [0.5, 0.6) is 0 Å². The molecular weight excluding hydrogens is 366 g/mol. The van der Waals surface area contributed by atoms with Crippen LogP contribution in [0.1, 0.15) is 51.4 Å². The van der Waals surface area contributed by atoms with E-state index < -0.39 is 6.04 Å². The second-order valence-corrected chi connectivity index (χ2v) is 8.70. The Bertz CT molecular complexity index is 879. The van der Waals surface area contributed by atoms with Gasteiger partial charge in [0.1, 0.15) is 17.1 Å². The van der Waals surface area contributed by atoms with Crippen molar-refractivity contribution in [2.75, 3.05) is 11.9 Å². The third-order valence-electron chi connectivity index (χ3n) is 5.07. The van der Waals surface area contributed by atoms with Gasteiger partial charge in [-0.25, -0.2) is 0 Å². The first-order chi connectivity index (χ1) is 12.7.